The van der Waals surface area contributed by atoms with E-state index in [0.29, 0.717) is 0 Å². The van der Waals surface area contributed by atoms with E-state index in [1.54, 1.807) is 12.1 Å². The number of halogens is 2. The number of hydrogen-bond acceptors (Lipinski definition) is 2. The number of rotatable bonds is 5. The first-order valence-corrected chi connectivity index (χ1v) is 7.28. The molecule has 0 radical (unpaired) electrons. The van der Waals surface area contributed by atoms with E-state index in [1.807, 2.05) is 45.2 Å². The summed E-state index contributed by atoms with van der Waals surface area (Å²) in [5.41, 5.74) is 1.89. The Bertz CT molecular complexity index is 615. The lowest BCUT2D eigenvalue weighted by atomic mass is 9.98. The van der Waals surface area contributed by atoms with Crippen LogP contribution >= 0.6 is 11.6 Å². The minimum atomic E-state index is -0.415. The van der Waals surface area contributed by atoms with Crippen LogP contribution in [0.2, 0.25) is 5.02 Å². The molecule has 21 heavy (non-hydrogen) atoms. The van der Waals surface area contributed by atoms with Gasteiger partial charge in [0.2, 0.25) is 0 Å². The highest BCUT2D eigenvalue weighted by Crippen LogP contribution is 2.32. The molecule has 2 aromatic rings. The van der Waals surface area contributed by atoms with Crippen LogP contribution in [-0.2, 0) is 0 Å². The van der Waals surface area contributed by atoms with Crippen molar-refractivity contribution in [1.82, 2.24) is 5.32 Å². The average Bonchev–Trinajstić information content (AvgIpc) is 2.44. The number of nitrogens with one attached hydrogen (secondary N) is 1. The molecule has 0 spiro atoms. The second kappa shape index (κ2) is 6.92. The summed E-state index contributed by atoms with van der Waals surface area (Å²) in [4.78, 5) is 0. The van der Waals surface area contributed by atoms with Crippen molar-refractivity contribution in [2.75, 3.05) is 7.05 Å². The van der Waals surface area contributed by atoms with E-state index < -0.39 is 5.82 Å². The van der Waals surface area contributed by atoms with Crippen LogP contribution in [0.4, 0.5) is 4.39 Å². The van der Waals surface area contributed by atoms with Gasteiger partial charge in [0.1, 0.15) is 11.6 Å². The van der Waals surface area contributed by atoms with Crippen LogP contribution < -0.4 is 10.1 Å². The summed E-state index contributed by atoms with van der Waals surface area (Å²) in [7, 11) is 1.86. The summed E-state index contributed by atoms with van der Waals surface area (Å²) < 4.78 is 19.2. The molecule has 112 valence electrons. The molecule has 0 aliphatic carbocycles. The zero-order valence-electron chi connectivity index (χ0n) is 12.4. The van der Waals surface area contributed by atoms with Crippen molar-refractivity contribution in [3.05, 3.63) is 64.4 Å². The Morgan fingerprint density at radius 3 is 2.48 bits per heavy atom. The van der Waals surface area contributed by atoms with Gasteiger partial charge in [0, 0.05) is 5.56 Å². The van der Waals surface area contributed by atoms with Gasteiger partial charge in [0.05, 0.1) is 17.2 Å². The van der Waals surface area contributed by atoms with Crippen LogP contribution in [0.25, 0.3) is 0 Å². The molecule has 2 aromatic carbocycles. The molecule has 0 saturated heterocycles. The van der Waals surface area contributed by atoms with Crippen LogP contribution in [0.5, 0.6) is 5.75 Å². The Labute approximate surface area is 129 Å². The highest BCUT2D eigenvalue weighted by Gasteiger charge is 2.18. The Balaban J connectivity index is 2.43. The first-order chi connectivity index (χ1) is 10.0. The topological polar surface area (TPSA) is 21.3 Å². The minimum absolute atomic E-state index is 0.0838. The van der Waals surface area contributed by atoms with Crippen LogP contribution in [0, 0.1) is 5.82 Å². The molecule has 2 rings (SSSR count). The van der Waals surface area contributed by atoms with Crippen molar-refractivity contribution in [3.8, 4) is 5.75 Å². The SMILES string of the molecule is CNC(c1ccc(F)c(Cl)c1)c1ccccc1OC(C)C. The third kappa shape index (κ3) is 3.74. The molecule has 2 nitrogen and oxygen atoms in total. The maximum atomic E-state index is 13.3. The van der Waals surface area contributed by atoms with E-state index in [1.165, 1.54) is 6.07 Å². The van der Waals surface area contributed by atoms with Gasteiger partial charge in [-0.05, 0) is 44.7 Å². The van der Waals surface area contributed by atoms with Gasteiger partial charge in [-0.3, -0.25) is 0 Å². The predicted molar refractivity (Wildman–Crippen MR) is 84.5 cm³/mol. The normalized spacial score (nSPS) is 12.5. The monoisotopic (exact) mass is 307 g/mol. The standard InChI is InChI=1S/C17H19ClFNO/c1-11(2)21-16-7-5-4-6-13(16)17(20-3)12-8-9-15(19)14(18)10-12/h4-11,17,20H,1-3H3. The average molecular weight is 308 g/mol. The van der Waals surface area contributed by atoms with E-state index in [9.17, 15) is 4.39 Å². The van der Waals surface area contributed by atoms with Crippen molar-refractivity contribution in [2.24, 2.45) is 0 Å². The molecule has 1 atom stereocenters. The quantitative estimate of drug-likeness (QED) is 0.873. The van der Waals surface area contributed by atoms with E-state index >= 15 is 0 Å². The van der Waals surface area contributed by atoms with Gasteiger partial charge in [-0.2, -0.15) is 0 Å². The van der Waals surface area contributed by atoms with E-state index in [2.05, 4.69) is 5.32 Å². The van der Waals surface area contributed by atoms with Gasteiger partial charge in [-0.25, -0.2) is 4.39 Å². The molecule has 0 saturated carbocycles. The highest BCUT2D eigenvalue weighted by molar-refractivity contribution is 6.30. The van der Waals surface area contributed by atoms with E-state index in [4.69, 9.17) is 16.3 Å². The molecule has 4 heteroatoms. The zero-order valence-corrected chi connectivity index (χ0v) is 13.1. The summed E-state index contributed by atoms with van der Waals surface area (Å²) in [6.45, 7) is 3.97. The number of para-hydroxylation sites is 1. The molecule has 1 N–H and O–H groups in total. The van der Waals surface area contributed by atoms with Crippen LogP contribution in [0.3, 0.4) is 0 Å². The van der Waals surface area contributed by atoms with E-state index in [-0.39, 0.29) is 17.2 Å². The maximum Gasteiger partial charge on any atom is 0.141 e. The molecule has 1 unspecified atom stereocenters. The summed E-state index contributed by atoms with van der Waals surface area (Å²) in [5, 5.41) is 3.35. The fourth-order valence-corrected chi connectivity index (χ4v) is 2.46. The molecule has 0 aromatic heterocycles. The Morgan fingerprint density at radius 1 is 1.14 bits per heavy atom. The van der Waals surface area contributed by atoms with Gasteiger partial charge in [-0.15, -0.1) is 0 Å². The van der Waals surface area contributed by atoms with Gasteiger partial charge in [0.15, 0.2) is 0 Å². The Morgan fingerprint density at radius 2 is 1.86 bits per heavy atom. The lowest BCUT2D eigenvalue weighted by Crippen LogP contribution is -2.19. The first kappa shape index (κ1) is 15.8. The number of benzene rings is 2. The summed E-state index contributed by atoms with van der Waals surface area (Å²) >= 11 is 5.89. The second-order valence-electron chi connectivity index (χ2n) is 5.10. The van der Waals surface area contributed by atoms with Crippen LogP contribution in [0.15, 0.2) is 42.5 Å². The van der Waals surface area contributed by atoms with Gasteiger partial charge in [0.25, 0.3) is 0 Å². The lowest BCUT2D eigenvalue weighted by Gasteiger charge is -2.22. The molecule has 0 fully saturated rings. The molecular formula is C17H19ClFNO. The van der Waals surface area contributed by atoms with Crippen molar-refractivity contribution in [3.63, 3.8) is 0 Å². The summed E-state index contributed by atoms with van der Waals surface area (Å²) in [5.74, 6) is 0.397. The highest BCUT2D eigenvalue weighted by atomic mass is 35.5. The predicted octanol–water partition coefficient (Wildman–Crippen LogP) is 4.58. The lowest BCUT2D eigenvalue weighted by molar-refractivity contribution is 0.238. The molecule has 0 aliphatic rings. The largest absolute Gasteiger partial charge is 0.491 e. The Hall–Kier alpha value is -1.58. The maximum absolute atomic E-state index is 13.3. The smallest absolute Gasteiger partial charge is 0.141 e. The number of hydrogen-bond donors (Lipinski definition) is 1. The Kier molecular flexibility index (Phi) is 5.21. The molecule has 0 bridgehead atoms. The van der Waals surface area contributed by atoms with E-state index in [0.717, 1.165) is 16.9 Å². The molecule has 0 amide bonds. The van der Waals surface area contributed by atoms with Crippen molar-refractivity contribution >= 4 is 11.6 Å². The fraction of sp³-hybridized carbons (Fsp3) is 0.294. The zero-order chi connectivity index (χ0) is 15.4. The molecule has 0 aliphatic heterocycles. The van der Waals surface area contributed by atoms with Crippen LogP contribution in [-0.4, -0.2) is 13.2 Å². The minimum Gasteiger partial charge on any atom is -0.491 e. The van der Waals surface area contributed by atoms with Crippen LogP contribution in [0.1, 0.15) is 31.0 Å². The summed E-state index contributed by atoms with van der Waals surface area (Å²) in [6.07, 6.45) is 0.0838. The van der Waals surface area contributed by atoms with Crippen molar-refractivity contribution < 1.29 is 9.13 Å². The first-order valence-electron chi connectivity index (χ1n) is 6.90. The van der Waals surface area contributed by atoms with Gasteiger partial charge >= 0.3 is 0 Å². The summed E-state index contributed by atoms with van der Waals surface area (Å²) in [6, 6.07) is 12.5. The fourth-order valence-electron chi connectivity index (χ4n) is 2.27. The number of ether oxygens (including phenoxy) is 1. The van der Waals surface area contributed by atoms with Crippen molar-refractivity contribution in [1.29, 1.82) is 0 Å². The van der Waals surface area contributed by atoms with Crippen molar-refractivity contribution in [2.45, 2.75) is 26.0 Å². The third-order valence-corrected chi connectivity index (χ3v) is 3.45. The third-order valence-electron chi connectivity index (χ3n) is 3.16. The molecule has 0 heterocycles. The second-order valence-corrected chi connectivity index (χ2v) is 5.51. The van der Waals surface area contributed by atoms with Gasteiger partial charge in [-0.1, -0.05) is 35.9 Å². The molecular weight excluding hydrogens is 289 g/mol. The van der Waals surface area contributed by atoms with Gasteiger partial charge < -0.3 is 10.1 Å².